The summed E-state index contributed by atoms with van der Waals surface area (Å²) < 4.78 is 5.66. The number of aromatic nitrogens is 2. The highest BCUT2D eigenvalue weighted by molar-refractivity contribution is 8.00. The third kappa shape index (κ3) is 5.50. The molecule has 0 spiro atoms. The number of halogens is 2. The number of carbonyl (C=O) groups excluding carboxylic acids is 1. The molecule has 3 rings (SSSR count). The van der Waals surface area contributed by atoms with Crippen LogP contribution in [0, 0.1) is 0 Å². The smallest absolute Gasteiger partial charge is 0.277 e. The lowest BCUT2D eigenvalue weighted by molar-refractivity contribution is -0.120. The van der Waals surface area contributed by atoms with Crippen LogP contribution in [-0.2, 0) is 11.2 Å². The molecule has 5 nitrogen and oxygen atoms in total. The Labute approximate surface area is 177 Å². The van der Waals surface area contributed by atoms with Crippen LogP contribution in [0.15, 0.2) is 58.2 Å². The zero-order valence-corrected chi connectivity index (χ0v) is 17.7. The Kier molecular flexibility index (Phi) is 6.99. The number of rotatable bonds is 7. The predicted molar refractivity (Wildman–Crippen MR) is 112 cm³/mol. The standard InChI is InChI=1S/C20H19Cl2N3O2S/c1-12(16-9-8-15(21)11-17(16)22)23-19(26)13(2)28-20-25-24-18(27-20)10-14-6-4-3-5-7-14/h3-9,11-13H,10H2,1-2H3,(H,23,26)/t12-,13+/m0/s1. The quantitative estimate of drug-likeness (QED) is 0.508. The van der Waals surface area contributed by atoms with E-state index in [2.05, 4.69) is 15.5 Å². The molecule has 1 aromatic heterocycles. The van der Waals surface area contributed by atoms with Crippen LogP contribution >= 0.6 is 35.0 Å². The molecule has 1 heterocycles. The van der Waals surface area contributed by atoms with E-state index >= 15 is 0 Å². The van der Waals surface area contributed by atoms with Crippen LogP contribution in [0.25, 0.3) is 0 Å². The minimum absolute atomic E-state index is 0.147. The fourth-order valence-corrected chi connectivity index (χ4v) is 3.88. The molecular weight excluding hydrogens is 417 g/mol. The van der Waals surface area contributed by atoms with Gasteiger partial charge in [0.2, 0.25) is 11.8 Å². The van der Waals surface area contributed by atoms with Crippen molar-refractivity contribution < 1.29 is 9.21 Å². The van der Waals surface area contributed by atoms with Gasteiger partial charge in [0, 0.05) is 10.0 Å². The number of carbonyl (C=O) groups is 1. The Morgan fingerprint density at radius 1 is 1.14 bits per heavy atom. The summed E-state index contributed by atoms with van der Waals surface area (Å²) in [5, 5.41) is 12.1. The number of thioether (sulfide) groups is 1. The van der Waals surface area contributed by atoms with Crippen LogP contribution in [0.2, 0.25) is 10.0 Å². The molecular formula is C20H19Cl2N3O2S. The molecule has 0 radical (unpaired) electrons. The summed E-state index contributed by atoms with van der Waals surface area (Å²) in [7, 11) is 0. The average molecular weight is 436 g/mol. The van der Waals surface area contributed by atoms with Crippen LogP contribution < -0.4 is 5.32 Å². The Bertz CT molecular complexity index is 950. The molecule has 0 saturated carbocycles. The molecule has 3 aromatic rings. The second-order valence-electron chi connectivity index (χ2n) is 6.28. The average Bonchev–Trinajstić information content (AvgIpc) is 3.09. The first-order valence-corrected chi connectivity index (χ1v) is 10.3. The van der Waals surface area contributed by atoms with Crippen molar-refractivity contribution in [2.75, 3.05) is 0 Å². The van der Waals surface area contributed by atoms with E-state index in [0.29, 0.717) is 27.6 Å². The second-order valence-corrected chi connectivity index (χ2v) is 8.42. The van der Waals surface area contributed by atoms with Crippen molar-refractivity contribution in [3.63, 3.8) is 0 Å². The molecule has 0 unspecified atom stereocenters. The topological polar surface area (TPSA) is 68.0 Å². The molecule has 0 aliphatic rings. The van der Waals surface area contributed by atoms with Crippen molar-refractivity contribution in [1.29, 1.82) is 0 Å². The molecule has 146 valence electrons. The summed E-state index contributed by atoms with van der Waals surface area (Å²) in [4.78, 5) is 12.5. The van der Waals surface area contributed by atoms with Crippen LogP contribution in [0.5, 0.6) is 0 Å². The van der Waals surface area contributed by atoms with Gasteiger partial charge in [-0.05, 0) is 37.1 Å². The van der Waals surface area contributed by atoms with Crippen molar-refractivity contribution in [3.8, 4) is 0 Å². The van der Waals surface area contributed by atoms with Gasteiger partial charge in [-0.25, -0.2) is 0 Å². The maximum atomic E-state index is 12.5. The third-order valence-corrected chi connectivity index (χ3v) is 5.58. The lowest BCUT2D eigenvalue weighted by atomic mass is 10.1. The van der Waals surface area contributed by atoms with Gasteiger partial charge >= 0.3 is 0 Å². The number of amides is 1. The molecule has 28 heavy (non-hydrogen) atoms. The van der Waals surface area contributed by atoms with Gasteiger partial charge < -0.3 is 9.73 Å². The van der Waals surface area contributed by atoms with E-state index in [1.165, 1.54) is 11.8 Å². The fourth-order valence-electron chi connectivity index (χ4n) is 2.59. The molecule has 0 saturated heterocycles. The first-order valence-electron chi connectivity index (χ1n) is 8.70. The Balaban J connectivity index is 1.57. The minimum atomic E-state index is -0.404. The predicted octanol–water partition coefficient (Wildman–Crippen LogP) is 5.33. The lowest BCUT2D eigenvalue weighted by Gasteiger charge is -2.18. The van der Waals surface area contributed by atoms with Gasteiger partial charge in [0.1, 0.15) is 0 Å². The van der Waals surface area contributed by atoms with E-state index in [1.807, 2.05) is 37.3 Å². The van der Waals surface area contributed by atoms with Gasteiger partial charge in [0.15, 0.2) is 0 Å². The molecule has 8 heteroatoms. The number of hydrogen-bond acceptors (Lipinski definition) is 5. The van der Waals surface area contributed by atoms with E-state index in [9.17, 15) is 4.79 Å². The zero-order chi connectivity index (χ0) is 20.1. The second kappa shape index (κ2) is 9.45. The first kappa shape index (κ1) is 20.7. The fraction of sp³-hybridized carbons (Fsp3) is 0.250. The highest BCUT2D eigenvalue weighted by Crippen LogP contribution is 2.27. The van der Waals surface area contributed by atoms with Gasteiger partial charge in [-0.2, -0.15) is 0 Å². The molecule has 0 bridgehead atoms. The van der Waals surface area contributed by atoms with Crippen molar-refractivity contribution in [3.05, 3.63) is 75.6 Å². The molecule has 2 atom stereocenters. The van der Waals surface area contributed by atoms with Crippen molar-refractivity contribution in [2.45, 2.75) is 36.8 Å². The third-order valence-electron chi connectivity index (χ3n) is 4.08. The Morgan fingerprint density at radius 2 is 1.89 bits per heavy atom. The molecule has 2 aromatic carbocycles. The Hall–Kier alpha value is -2.02. The summed E-state index contributed by atoms with van der Waals surface area (Å²) >= 11 is 13.4. The van der Waals surface area contributed by atoms with Crippen LogP contribution in [0.1, 0.15) is 36.9 Å². The van der Waals surface area contributed by atoms with Crippen molar-refractivity contribution in [1.82, 2.24) is 15.5 Å². The van der Waals surface area contributed by atoms with E-state index in [-0.39, 0.29) is 11.9 Å². The SMILES string of the molecule is C[C@H](NC(=O)[C@@H](C)Sc1nnc(Cc2ccccc2)o1)c1ccc(Cl)cc1Cl. The summed E-state index contributed by atoms with van der Waals surface area (Å²) in [5.74, 6) is 0.369. The summed E-state index contributed by atoms with van der Waals surface area (Å²) in [6.07, 6.45) is 0.557. The van der Waals surface area contributed by atoms with Crippen LogP contribution in [-0.4, -0.2) is 21.4 Å². The molecule has 0 fully saturated rings. The zero-order valence-electron chi connectivity index (χ0n) is 15.4. The molecule has 1 N–H and O–H groups in total. The molecule has 0 aliphatic heterocycles. The lowest BCUT2D eigenvalue weighted by Crippen LogP contribution is -2.33. The summed E-state index contributed by atoms with van der Waals surface area (Å²) in [5.41, 5.74) is 1.89. The highest BCUT2D eigenvalue weighted by Gasteiger charge is 2.21. The first-order chi connectivity index (χ1) is 13.4. The largest absolute Gasteiger partial charge is 0.416 e. The molecule has 0 aliphatic carbocycles. The normalized spacial score (nSPS) is 13.1. The summed E-state index contributed by atoms with van der Waals surface area (Å²) in [6, 6.07) is 14.8. The Morgan fingerprint density at radius 3 is 2.61 bits per heavy atom. The number of benzene rings is 2. The van der Waals surface area contributed by atoms with Gasteiger partial charge in [0.05, 0.1) is 17.7 Å². The maximum Gasteiger partial charge on any atom is 0.277 e. The number of nitrogens with zero attached hydrogens (tertiary/aromatic N) is 2. The van der Waals surface area contributed by atoms with Crippen molar-refractivity contribution in [2.24, 2.45) is 0 Å². The maximum absolute atomic E-state index is 12.5. The monoisotopic (exact) mass is 435 g/mol. The number of hydrogen-bond donors (Lipinski definition) is 1. The van der Waals surface area contributed by atoms with Crippen LogP contribution in [0.3, 0.4) is 0 Å². The van der Waals surface area contributed by atoms with Gasteiger partial charge in [-0.1, -0.05) is 71.4 Å². The van der Waals surface area contributed by atoms with E-state index < -0.39 is 5.25 Å². The van der Waals surface area contributed by atoms with Crippen molar-refractivity contribution >= 4 is 40.9 Å². The van der Waals surface area contributed by atoms with Gasteiger partial charge in [-0.3, -0.25) is 4.79 Å². The van der Waals surface area contributed by atoms with Crippen LogP contribution in [0.4, 0.5) is 0 Å². The van der Waals surface area contributed by atoms with Gasteiger partial charge in [0.25, 0.3) is 5.22 Å². The van der Waals surface area contributed by atoms with E-state index in [1.54, 1.807) is 25.1 Å². The highest BCUT2D eigenvalue weighted by atomic mass is 35.5. The minimum Gasteiger partial charge on any atom is -0.416 e. The van der Waals surface area contributed by atoms with E-state index in [4.69, 9.17) is 27.6 Å². The van der Waals surface area contributed by atoms with E-state index in [0.717, 1.165) is 11.1 Å². The summed E-state index contributed by atoms with van der Waals surface area (Å²) in [6.45, 7) is 3.66. The molecule has 1 amide bonds. The number of nitrogens with one attached hydrogen (secondary N) is 1. The van der Waals surface area contributed by atoms with Gasteiger partial charge in [-0.15, -0.1) is 10.2 Å².